The summed E-state index contributed by atoms with van der Waals surface area (Å²) in [5.41, 5.74) is 3.12. The Morgan fingerprint density at radius 1 is 1.30 bits per heavy atom. The molecule has 1 aromatic carbocycles. The van der Waals surface area contributed by atoms with Crippen molar-refractivity contribution < 1.29 is 4.39 Å². The van der Waals surface area contributed by atoms with E-state index in [2.05, 4.69) is 39.2 Å². The molecule has 0 aliphatic heterocycles. The summed E-state index contributed by atoms with van der Waals surface area (Å²) in [6, 6.07) is 9.30. The third kappa shape index (κ3) is 3.44. The van der Waals surface area contributed by atoms with Crippen molar-refractivity contribution in [3.63, 3.8) is 0 Å². The largest absolute Gasteiger partial charge is 0.310 e. The first kappa shape index (κ1) is 15.1. The number of benzene rings is 1. The van der Waals surface area contributed by atoms with Crippen LogP contribution in [0.4, 0.5) is 4.39 Å². The van der Waals surface area contributed by atoms with Gasteiger partial charge in [-0.15, -0.1) is 0 Å². The van der Waals surface area contributed by atoms with Gasteiger partial charge in [-0.05, 0) is 59.1 Å². The van der Waals surface area contributed by atoms with Crippen LogP contribution in [0.5, 0.6) is 0 Å². The van der Waals surface area contributed by atoms with Crippen LogP contribution in [0.25, 0.3) is 0 Å². The maximum Gasteiger partial charge on any atom is 0.137 e. The van der Waals surface area contributed by atoms with Crippen molar-refractivity contribution in [2.24, 2.45) is 0 Å². The lowest BCUT2D eigenvalue weighted by molar-refractivity contribution is 0.540. The van der Waals surface area contributed by atoms with Gasteiger partial charge in [0.05, 0.1) is 4.47 Å². The van der Waals surface area contributed by atoms with Crippen LogP contribution in [0.3, 0.4) is 0 Å². The molecule has 0 saturated carbocycles. The second-order valence-electron chi connectivity index (χ2n) is 4.71. The number of hydrogen-bond donors (Lipinski definition) is 1. The molecule has 2 rings (SSSR count). The molecule has 0 spiro atoms. The summed E-state index contributed by atoms with van der Waals surface area (Å²) in [6.45, 7) is 4.92. The molecule has 2 aromatic rings. The van der Waals surface area contributed by atoms with Crippen molar-refractivity contribution in [2.75, 3.05) is 6.54 Å². The Hall–Kier alpha value is -1.26. The van der Waals surface area contributed by atoms with Gasteiger partial charge in [0.15, 0.2) is 0 Å². The number of likely N-dealkylation sites (N-methyl/N-ethyl adjacent to an activating group) is 1. The Morgan fingerprint density at radius 2 is 2.10 bits per heavy atom. The minimum atomic E-state index is -0.222. The van der Waals surface area contributed by atoms with E-state index in [1.807, 2.05) is 19.1 Å². The maximum absolute atomic E-state index is 13.6. The minimum Gasteiger partial charge on any atom is -0.310 e. The third-order valence-electron chi connectivity index (χ3n) is 3.33. The van der Waals surface area contributed by atoms with Crippen molar-refractivity contribution in [3.8, 4) is 0 Å². The van der Waals surface area contributed by atoms with Crippen LogP contribution in [0.1, 0.15) is 29.8 Å². The molecule has 1 atom stereocenters. The van der Waals surface area contributed by atoms with Gasteiger partial charge in [0.2, 0.25) is 0 Å². The lowest BCUT2D eigenvalue weighted by Gasteiger charge is -2.20. The first-order valence-electron chi connectivity index (χ1n) is 6.71. The highest BCUT2D eigenvalue weighted by Gasteiger charge is 2.16. The topological polar surface area (TPSA) is 24.9 Å². The standard InChI is InChI=1S/C16H18BrFN2/c1-3-19-15(13-7-5-9-20-11(13)2)10-12-6-4-8-14(18)16(12)17/h4-9,15,19H,3,10H2,1-2H3. The van der Waals surface area contributed by atoms with Gasteiger partial charge in [-0.2, -0.15) is 0 Å². The Morgan fingerprint density at radius 3 is 2.80 bits per heavy atom. The van der Waals surface area contributed by atoms with Crippen molar-refractivity contribution in [2.45, 2.75) is 26.3 Å². The molecule has 0 fully saturated rings. The van der Waals surface area contributed by atoms with E-state index in [1.165, 1.54) is 6.07 Å². The van der Waals surface area contributed by atoms with E-state index in [4.69, 9.17) is 0 Å². The predicted molar refractivity (Wildman–Crippen MR) is 83.2 cm³/mol. The molecule has 1 aromatic heterocycles. The lowest BCUT2D eigenvalue weighted by Crippen LogP contribution is -2.24. The highest BCUT2D eigenvalue weighted by Crippen LogP contribution is 2.26. The molecule has 0 radical (unpaired) electrons. The first-order chi connectivity index (χ1) is 9.63. The normalized spacial score (nSPS) is 12.4. The molecule has 0 aliphatic rings. The van der Waals surface area contributed by atoms with Crippen LogP contribution in [-0.4, -0.2) is 11.5 Å². The van der Waals surface area contributed by atoms with Crippen LogP contribution < -0.4 is 5.32 Å². The fourth-order valence-electron chi connectivity index (χ4n) is 2.33. The smallest absolute Gasteiger partial charge is 0.137 e. The molecule has 106 valence electrons. The Balaban J connectivity index is 2.31. The molecule has 0 amide bonds. The Kier molecular flexibility index (Phi) is 5.26. The van der Waals surface area contributed by atoms with Gasteiger partial charge in [0.25, 0.3) is 0 Å². The fraction of sp³-hybridized carbons (Fsp3) is 0.312. The van der Waals surface area contributed by atoms with E-state index in [1.54, 1.807) is 12.3 Å². The maximum atomic E-state index is 13.6. The zero-order valence-corrected chi connectivity index (χ0v) is 13.2. The van der Waals surface area contributed by atoms with E-state index in [9.17, 15) is 4.39 Å². The molecule has 0 saturated heterocycles. The second kappa shape index (κ2) is 6.95. The predicted octanol–water partition coefficient (Wildman–Crippen LogP) is 4.18. The number of nitrogens with zero attached hydrogens (tertiary/aromatic N) is 1. The molecule has 20 heavy (non-hydrogen) atoms. The van der Waals surface area contributed by atoms with Crippen LogP contribution in [0, 0.1) is 12.7 Å². The van der Waals surface area contributed by atoms with Crippen LogP contribution in [0.2, 0.25) is 0 Å². The van der Waals surface area contributed by atoms with E-state index < -0.39 is 0 Å². The fourth-order valence-corrected chi connectivity index (χ4v) is 2.76. The van der Waals surface area contributed by atoms with Gasteiger partial charge < -0.3 is 5.32 Å². The summed E-state index contributed by atoms with van der Waals surface area (Å²) in [5, 5.41) is 3.45. The molecule has 4 heteroatoms. The third-order valence-corrected chi connectivity index (χ3v) is 4.22. The first-order valence-corrected chi connectivity index (χ1v) is 7.50. The summed E-state index contributed by atoms with van der Waals surface area (Å²) in [4.78, 5) is 4.34. The van der Waals surface area contributed by atoms with E-state index >= 15 is 0 Å². The average molecular weight is 337 g/mol. The molecule has 1 heterocycles. The zero-order chi connectivity index (χ0) is 14.5. The highest BCUT2D eigenvalue weighted by atomic mass is 79.9. The summed E-state index contributed by atoms with van der Waals surface area (Å²) in [6.07, 6.45) is 2.51. The van der Waals surface area contributed by atoms with E-state index in [0.717, 1.165) is 29.8 Å². The van der Waals surface area contributed by atoms with Crippen LogP contribution >= 0.6 is 15.9 Å². The van der Waals surface area contributed by atoms with Gasteiger partial charge >= 0.3 is 0 Å². The molecular formula is C16H18BrFN2. The quantitative estimate of drug-likeness (QED) is 0.885. The second-order valence-corrected chi connectivity index (χ2v) is 5.50. The average Bonchev–Trinajstić information content (AvgIpc) is 2.44. The van der Waals surface area contributed by atoms with E-state index in [0.29, 0.717) is 4.47 Å². The Bertz CT molecular complexity index is 586. The number of rotatable bonds is 5. The van der Waals surface area contributed by atoms with Crippen molar-refractivity contribution in [3.05, 3.63) is 63.6 Å². The van der Waals surface area contributed by atoms with Gasteiger partial charge in [-0.25, -0.2) is 4.39 Å². The number of nitrogens with one attached hydrogen (secondary N) is 1. The van der Waals surface area contributed by atoms with Crippen molar-refractivity contribution >= 4 is 15.9 Å². The van der Waals surface area contributed by atoms with Crippen molar-refractivity contribution in [1.82, 2.24) is 10.3 Å². The highest BCUT2D eigenvalue weighted by molar-refractivity contribution is 9.10. The summed E-state index contributed by atoms with van der Waals surface area (Å²) < 4.78 is 14.2. The molecular weight excluding hydrogens is 319 g/mol. The summed E-state index contributed by atoms with van der Waals surface area (Å²) >= 11 is 3.33. The van der Waals surface area contributed by atoms with Gasteiger partial charge in [0, 0.05) is 17.9 Å². The SMILES string of the molecule is CCNC(Cc1cccc(F)c1Br)c1cccnc1C. The summed E-state index contributed by atoms with van der Waals surface area (Å²) in [5.74, 6) is -0.222. The molecule has 1 N–H and O–H groups in total. The number of pyridine rings is 1. The number of aromatic nitrogens is 1. The van der Waals surface area contributed by atoms with Crippen LogP contribution in [0.15, 0.2) is 41.0 Å². The number of aryl methyl sites for hydroxylation is 1. The van der Waals surface area contributed by atoms with Crippen molar-refractivity contribution in [1.29, 1.82) is 0 Å². The monoisotopic (exact) mass is 336 g/mol. The molecule has 0 aliphatic carbocycles. The molecule has 0 bridgehead atoms. The van der Waals surface area contributed by atoms with Gasteiger partial charge in [-0.1, -0.05) is 25.1 Å². The van der Waals surface area contributed by atoms with Gasteiger partial charge in [-0.3, -0.25) is 4.98 Å². The van der Waals surface area contributed by atoms with Gasteiger partial charge in [0.1, 0.15) is 5.82 Å². The number of hydrogen-bond acceptors (Lipinski definition) is 2. The lowest BCUT2D eigenvalue weighted by atomic mass is 9.98. The number of halogens is 2. The van der Waals surface area contributed by atoms with E-state index in [-0.39, 0.29) is 11.9 Å². The molecule has 1 unspecified atom stereocenters. The summed E-state index contributed by atoms with van der Waals surface area (Å²) in [7, 11) is 0. The minimum absolute atomic E-state index is 0.131. The zero-order valence-electron chi connectivity index (χ0n) is 11.7. The molecule has 2 nitrogen and oxygen atoms in total. The van der Waals surface area contributed by atoms with Crippen LogP contribution in [-0.2, 0) is 6.42 Å². The Labute approximate surface area is 127 Å².